The van der Waals surface area contributed by atoms with Gasteiger partial charge >= 0.3 is 0 Å². The first-order chi connectivity index (χ1) is 16.7. The average molecular weight is 490 g/mol. The molecule has 2 bridgehead atoms. The fourth-order valence-corrected chi connectivity index (χ4v) is 7.61. The Morgan fingerprint density at radius 3 is 2.83 bits per heavy atom. The lowest BCUT2D eigenvalue weighted by molar-refractivity contribution is -0.103. The van der Waals surface area contributed by atoms with Gasteiger partial charge in [-0.05, 0) is 80.1 Å². The summed E-state index contributed by atoms with van der Waals surface area (Å²) in [6.07, 6.45) is 10.8. The van der Waals surface area contributed by atoms with Crippen LogP contribution in [-0.2, 0) is 12.8 Å². The number of nitrogens with zero attached hydrogens (tertiary/aromatic N) is 2. The van der Waals surface area contributed by atoms with Crippen molar-refractivity contribution in [2.24, 2.45) is 29.1 Å². The lowest BCUT2D eigenvalue weighted by Crippen LogP contribution is -2.54. The van der Waals surface area contributed by atoms with Crippen LogP contribution in [0.15, 0.2) is 35.4 Å². The number of allylic oxidation sites excluding steroid dienone is 4. The van der Waals surface area contributed by atoms with Crippen LogP contribution >= 0.6 is 11.6 Å². The summed E-state index contributed by atoms with van der Waals surface area (Å²) in [4.78, 5) is 13.6. The van der Waals surface area contributed by atoms with E-state index in [4.69, 9.17) is 16.7 Å². The number of benzene rings is 1. The smallest absolute Gasteiger partial charge is 0.272 e. The summed E-state index contributed by atoms with van der Waals surface area (Å²) in [6.45, 7) is 9.87. The molecule has 1 amide bonds. The third-order valence-electron chi connectivity index (χ3n) is 9.47. The zero-order valence-corrected chi connectivity index (χ0v) is 22.1. The van der Waals surface area contributed by atoms with Crippen molar-refractivity contribution in [3.63, 3.8) is 0 Å². The molecular weight excluding hydrogens is 454 g/mol. The number of nitrogens with one attached hydrogen (secondary N) is 1. The Bertz CT molecular complexity index is 1260. The molecule has 5 aliphatic rings. The number of amides is 1. The van der Waals surface area contributed by atoms with Gasteiger partial charge in [-0.15, -0.1) is 0 Å². The summed E-state index contributed by atoms with van der Waals surface area (Å²) in [5.41, 5.74) is 7.71. The molecule has 1 heterocycles. The first kappa shape index (κ1) is 23.1. The number of carbonyl (C=O) groups is 1. The van der Waals surface area contributed by atoms with Gasteiger partial charge in [-0.2, -0.15) is 5.10 Å². The van der Waals surface area contributed by atoms with Crippen LogP contribution < -0.4 is 5.32 Å². The van der Waals surface area contributed by atoms with Crippen molar-refractivity contribution in [1.29, 1.82) is 0 Å². The van der Waals surface area contributed by atoms with Gasteiger partial charge < -0.3 is 5.32 Å². The van der Waals surface area contributed by atoms with Crippen LogP contribution in [0.5, 0.6) is 0 Å². The van der Waals surface area contributed by atoms with Gasteiger partial charge in [0.05, 0.1) is 16.4 Å². The molecule has 4 nitrogen and oxygen atoms in total. The topological polar surface area (TPSA) is 46.9 Å². The van der Waals surface area contributed by atoms with E-state index < -0.39 is 0 Å². The van der Waals surface area contributed by atoms with Crippen LogP contribution in [0.1, 0.15) is 73.6 Å². The zero-order valence-electron chi connectivity index (χ0n) is 21.3. The lowest BCUT2D eigenvalue weighted by Gasteiger charge is -2.60. The van der Waals surface area contributed by atoms with Crippen LogP contribution in [0.3, 0.4) is 0 Å². The number of hydrogen-bond acceptors (Lipinski definition) is 2. The Balaban J connectivity index is 1.34. The van der Waals surface area contributed by atoms with Crippen molar-refractivity contribution in [2.45, 2.75) is 66.2 Å². The van der Waals surface area contributed by atoms with Crippen molar-refractivity contribution < 1.29 is 4.79 Å². The van der Waals surface area contributed by atoms with Crippen molar-refractivity contribution >= 4 is 23.2 Å². The lowest BCUT2D eigenvalue weighted by atomic mass is 9.45. The van der Waals surface area contributed by atoms with Gasteiger partial charge in [-0.3, -0.25) is 4.79 Å². The molecule has 35 heavy (non-hydrogen) atoms. The van der Waals surface area contributed by atoms with Crippen molar-refractivity contribution in [3.8, 4) is 11.3 Å². The van der Waals surface area contributed by atoms with Crippen molar-refractivity contribution in [1.82, 2.24) is 15.1 Å². The van der Waals surface area contributed by atoms with Gasteiger partial charge in [-0.25, -0.2) is 4.68 Å². The second-order valence-electron chi connectivity index (χ2n) is 12.0. The Morgan fingerprint density at radius 1 is 1.26 bits per heavy atom. The van der Waals surface area contributed by atoms with Crippen LogP contribution in [0.25, 0.3) is 17.0 Å². The molecule has 1 aromatic carbocycles. The van der Waals surface area contributed by atoms with Crippen LogP contribution in [0.4, 0.5) is 0 Å². The number of fused-ring (bicyclic) bond motifs is 5. The number of carbonyl (C=O) groups excluding carboxylic acids is 1. The predicted molar refractivity (Wildman–Crippen MR) is 142 cm³/mol. The minimum atomic E-state index is -0.0419. The Kier molecular flexibility index (Phi) is 5.52. The predicted octanol–water partition coefficient (Wildman–Crippen LogP) is 6.76. The molecule has 5 aliphatic carbocycles. The third-order valence-corrected chi connectivity index (χ3v) is 9.79. The maximum absolute atomic E-state index is 13.6. The number of hydrogen-bond donors (Lipinski definition) is 1. The highest BCUT2D eigenvalue weighted by Gasteiger charge is 2.54. The molecule has 5 heteroatoms. The van der Waals surface area contributed by atoms with E-state index in [1.807, 2.05) is 4.68 Å². The second kappa shape index (κ2) is 8.37. The molecular formula is C30H36ClN3O. The maximum atomic E-state index is 13.6. The third kappa shape index (κ3) is 3.71. The normalized spacial score (nSPS) is 28.3. The molecule has 3 saturated carbocycles. The van der Waals surface area contributed by atoms with E-state index in [1.165, 1.54) is 36.0 Å². The summed E-state index contributed by atoms with van der Waals surface area (Å²) in [5.74, 6) is 2.53. The van der Waals surface area contributed by atoms with E-state index in [9.17, 15) is 4.79 Å². The minimum Gasteiger partial charge on any atom is -0.350 e. The molecule has 4 unspecified atom stereocenters. The van der Waals surface area contributed by atoms with Crippen molar-refractivity contribution in [2.75, 3.05) is 6.54 Å². The Morgan fingerprint density at radius 2 is 2.09 bits per heavy atom. The van der Waals surface area contributed by atoms with E-state index in [1.54, 1.807) is 0 Å². The fourth-order valence-electron chi connectivity index (χ4n) is 7.24. The van der Waals surface area contributed by atoms with E-state index in [0.717, 1.165) is 54.6 Å². The largest absolute Gasteiger partial charge is 0.350 e. The summed E-state index contributed by atoms with van der Waals surface area (Å²) in [7, 11) is 0. The van der Waals surface area contributed by atoms with Crippen LogP contribution in [0.2, 0.25) is 0 Å². The Labute approximate surface area is 213 Å². The first-order valence-corrected chi connectivity index (χ1v) is 13.7. The highest BCUT2D eigenvalue weighted by Crippen LogP contribution is 2.61. The number of aromatic nitrogens is 2. The monoisotopic (exact) mass is 489 g/mol. The fraction of sp³-hybridized carbons (Fsp3) is 0.533. The quantitative estimate of drug-likeness (QED) is 0.515. The average Bonchev–Trinajstić information content (AvgIpc) is 3.22. The van der Waals surface area contributed by atoms with Gasteiger partial charge in [0.2, 0.25) is 0 Å². The van der Waals surface area contributed by atoms with Gasteiger partial charge in [0.1, 0.15) is 0 Å². The second-order valence-corrected chi connectivity index (χ2v) is 12.4. The van der Waals surface area contributed by atoms with Crippen molar-refractivity contribution in [3.05, 3.63) is 57.8 Å². The highest BCUT2D eigenvalue weighted by atomic mass is 35.5. The number of aryl methyl sites for hydroxylation is 2. The summed E-state index contributed by atoms with van der Waals surface area (Å²) in [5, 5.41) is 8.95. The summed E-state index contributed by atoms with van der Waals surface area (Å²) < 4.78 is 1.95. The number of rotatable bonds is 4. The molecule has 0 spiro atoms. The molecule has 184 valence electrons. The maximum Gasteiger partial charge on any atom is 0.272 e. The molecule has 1 N–H and O–H groups in total. The van der Waals surface area contributed by atoms with E-state index in [0.29, 0.717) is 28.0 Å². The molecule has 4 atom stereocenters. The SMILES string of the molecule is Cc1ccc2c(c1)CCc1c(C(=O)NCC3CCC4CC3C4(C)C)nn(C3=CCC(C)C=C3Cl)c1-2. The molecule has 2 aromatic rings. The first-order valence-electron chi connectivity index (χ1n) is 13.3. The minimum absolute atomic E-state index is 0.0419. The molecule has 0 aliphatic heterocycles. The zero-order chi connectivity index (χ0) is 24.5. The summed E-state index contributed by atoms with van der Waals surface area (Å²) in [6, 6.07) is 6.60. The van der Waals surface area contributed by atoms with E-state index in [-0.39, 0.29) is 5.91 Å². The van der Waals surface area contributed by atoms with E-state index >= 15 is 0 Å². The van der Waals surface area contributed by atoms with Gasteiger partial charge in [0.15, 0.2) is 5.69 Å². The standard InChI is InChI=1S/C30H36ClN3O/c1-17-5-10-22-19(13-17)8-11-23-27(33-34(28(22)23)26-12-6-18(2)14-25(26)31)29(35)32-16-20-7-9-21-15-24(20)30(21,3)4/h5,10,12-14,18,20-21,24H,6-9,11,15-16H2,1-4H3,(H,32,35). The molecule has 7 rings (SSSR count). The van der Waals surface area contributed by atoms with Crippen LogP contribution in [-0.4, -0.2) is 22.2 Å². The highest BCUT2D eigenvalue weighted by molar-refractivity contribution is 6.36. The van der Waals surface area contributed by atoms with Crippen LogP contribution in [0, 0.1) is 36.0 Å². The van der Waals surface area contributed by atoms with E-state index in [2.05, 4.69) is 63.4 Å². The number of halogens is 1. The summed E-state index contributed by atoms with van der Waals surface area (Å²) >= 11 is 6.74. The molecule has 0 saturated heterocycles. The Hall–Kier alpha value is -2.33. The molecule has 3 fully saturated rings. The molecule has 0 radical (unpaired) electrons. The van der Waals surface area contributed by atoms with Gasteiger partial charge in [0.25, 0.3) is 5.91 Å². The van der Waals surface area contributed by atoms with Gasteiger partial charge in [-0.1, -0.05) is 68.3 Å². The molecule has 1 aromatic heterocycles. The van der Waals surface area contributed by atoms with Gasteiger partial charge in [0, 0.05) is 17.7 Å².